The Bertz CT molecular complexity index is 2030. The van der Waals surface area contributed by atoms with Gasteiger partial charge in [0.1, 0.15) is 5.82 Å². The molecule has 5 nitrogen and oxygen atoms in total. The molecule has 6 aromatic rings. The number of hydrogen-bond donors (Lipinski definition) is 1. The van der Waals surface area contributed by atoms with Crippen LogP contribution in [0, 0.1) is 17.9 Å². The summed E-state index contributed by atoms with van der Waals surface area (Å²) in [4.78, 5) is 21.8. The number of rotatable bonds is 9. The molecule has 0 amide bonds. The molecule has 0 unspecified atom stereocenters. The van der Waals surface area contributed by atoms with E-state index in [2.05, 4.69) is 104 Å². The minimum atomic E-state index is 0. The zero-order chi connectivity index (χ0) is 33.0. The molecule has 0 aliphatic carbocycles. The van der Waals surface area contributed by atoms with Gasteiger partial charge in [-0.15, -0.1) is 29.1 Å². The number of benzene rings is 4. The van der Waals surface area contributed by atoms with Crippen molar-refractivity contribution < 1.29 is 30.0 Å². The second-order valence-corrected chi connectivity index (χ2v) is 12.5. The van der Waals surface area contributed by atoms with Crippen LogP contribution in [0.4, 0.5) is 0 Å². The summed E-state index contributed by atoms with van der Waals surface area (Å²) in [6.07, 6.45) is 4.91. The molecule has 0 spiro atoms. The Morgan fingerprint density at radius 3 is 2.11 bits per heavy atom. The Kier molecular flexibility index (Phi) is 12.1. The van der Waals surface area contributed by atoms with Crippen molar-refractivity contribution in [1.29, 1.82) is 0 Å². The van der Waals surface area contributed by atoms with Crippen LogP contribution in [-0.4, -0.2) is 25.4 Å². The van der Waals surface area contributed by atoms with Gasteiger partial charge in [0.2, 0.25) is 0 Å². The Labute approximate surface area is 292 Å². The summed E-state index contributed by atoms with van der Waals surface area (Å²) in [7, 11) is 2.11. The van der Waals surface area contributed by atoms with Crippen molar-refractivity contribution in [2.75, 3.05) is 0 Å². The number of aliphatic hydroxyl groups excluding tert-OH is 1. The van der Waals surface area contributed by atoms with Gasteiger partial charge in [-0.05, 0) is 42.5 Å². The monoisotopic (exact) mass is 805 g/mol. The van der Waals surface area contributed by atoms with Crippen LogP contribution in [0.2, 0.25) is 0 Å². The molecule has 0 aliphatic rings. The molecule has 0 fully saturated rings. The van der Waals surface area contributed by atoms with E-state index in [4.69, 9.17) is 9.97 Å². The summed E-state index contributed by atoms with van der Waals surface area (Å²) < 4.78 is 2.24. The number of aromatic nitrogens is 3. The fourth-order valence-corrected chi connectivity index (χ4v) is 6.36. The van der Waals surface area contributed by atoms with Crippen molar-refractivity contribution in [3.8, 4) is 11.3 Å². The first-order chi connectivity index (χ1) is 22.2. The van der Waals surface area contributed by atoms with Crippen molar-refractivity contribution in [1.82, 2.24) is 14.5 Å². The molecule has 6 rings (SSSR count). The summed E-state index contributed by atoms with van der Waals surface area (Å²) in [6.45, 7) is 12.4. The minimum absolute atomic E-state index is 0. The van der Waals surface area contributed by atoms with E-state index in [1.54, 1.807) is 0 Å². The van der Waals surface area contributed by atoms with Crippen LogP contribution in [0.25, 0.3) is 54.7 Å². The van der Waals surface area contributed by atoms with Gasteiger partial charge in [-0.3, -0.25) is 9.78 Å². The maximum atomic E-state index is 11.7. The van der Waals surface area contributed by atoms with Crippen molar-refractivity contribution in [2.45, 2.75) is 73.1 Å². The van der Waals surface area contributed by atoms with Crippen molar-refractivity contribution in [3.05, 3.63) is 96.5 Å². The molecule has 1 radical (unpaired) electrons. The largest absolute Gasteiger partial charge is 0.512 e. The van der Waals surface area contributed by atoms with Gasteiger partial charge < -0.3 is 9.67 Å². The standard InChI is InChI=1S/C28H22N3.C13H24O2.Ir/c1-17(2)28-29-25(21-13-12-18-8-4-5-10-20(18)16-21)27-26(30-28)24-22-11-7-6-9-19(22)14-15-23(24)31(27)3;1-5-10(6-2)12(14)9-13(15)11(7-3)8-4;/h4-12,14-17H,1-3H3;9-11,14H,5-8H2,1-4H3;/q-1;;/b;12-9-;. The number of allylic oxidation sites excluding steroid dienone is 2. The second-order valence-electron chi connectivity index (χ2n) is 12.5. The van der Waals surface area contributed by atoms with E-state index in [0.29, 0.717) is 0 Å². The fourth-order valence-electron chi connectivity index (χ4n) is 6.36. The average Bonchev–Trinajstić information content (AvgIpc) is 3.37. The number of aliphatic hydroxyl groups is 1. The number of hydrogen-bond acceptors (Lipinski definition) is 4. The van der Waals surface area contributed by atoms with Crippen LogP contribution < -0.4 is 0 Å². The molecular weight excluding hydrogens is 759 g/mol. The molecular formula is C41H46IrN3O2-. The summed E-state index contributed by atoms with van der Waals surface area (Å²) in [5.74, 6) is 1.64. The maximum absolute atomic E-state index is 11.7. The van der Waals surface area contributed by atoms with Gasteiger partial charge in [-0.25, -0.2) is 4.98 Å². The van der Waals surface area contributed by atoms with Gasteiger partial charge >= 0.3 is 0 Å². The van der Waals surface area contributed by atoms with E-state index in [1.807, 2.05) is 27.7 Å². The van der Waals surface area contributed by atoms with Gasteiger partial charge in [0.25, 0.3) is 0 Å². The zero-order valence-electron chi connectivity index (χ0n) is 28.6. The van der Waals surface area contributed by atoms with E-state index >= 15 is 0 Å². The topological polar surface area (TPSA) is 68.0 Å². The molecule has 2 heterocycles. The normalized spacial score (nSPS) is 11.9. The smallest absolute Gasteiger partial charge is 0.162 e. The van der Waals surface area contributed by atoms with Crippen LogP contribution in [0.1, 0.15) is 79.0 Å². The third kappa shape index (κ3) is 7.35. The first-order valence-corrected chi connectivity index (χ1v) is 16.7. The predicted molar refractivity (Wildman–Crippen MR) is 193 cm³/mol. The third-order valence-corrected chi connectivity index (χ3v) is 9.27. The molecule has 4 aromatic carbocycles. The molecule has 0 bridgehead atoms. The summed E-state index contributed by atoms with van der Waals surface area (Å²) in [5, 5.41) is 15.8. The Morgan fingerprint density at radius 1 is 0.851 bits per heavy atom. The number of ketones is 1. The number of carbonyl (C=O) groups excluding carboxylic acids is 1. The van der Waals surface area contributed by atoms with E-state index < -0.39 is 0 Å². The SMILES string of the molecule is CC(C)c1nc(-c2[c-]cc3ccccc3c2)c2c(n1)c1c3ccccc3ccc1n2C.CCC(CC)C(=O)/C=C(\O)C(CC)CC.[Ir]. The molecule has 2 aromatic heterocycles. The molecule has 0 saturated heterocycles. The van der Waals surface area contributed by atoms with Gasteiger partial charge in [0.05, 0.1) is 22.3 Å². The quantitative estimate of drug-likeness (QED) is 0.0898. The second kappa shape index (κ2) is 15.8. The van der Waals surface area contributed by atoms with E-state index in [0.717, 1.165) is 53.8 Å². The van der Waals surface area contributed by atoms with Gasteiger partial charge in [0.15, 0.2) is 5.78 Å². The molecule has 0 saturated carbocycles. The van der Waals surface area contributed by atoms with Crippen LogP contribution in [0.15, 0.2) is 84.6 Å². The third-order valence-electron chi connectivity index (χ3n) is 9.27. The van der Waals surface area contributed by atoms with E-state index in [1.165, 1.54) is 38.5 Å². The first-order valence-electron chi connectivity index (χ1n) is 16.7. The van der Waals surface area contributed by atoms with Crippen LogP contribution in [-0.2, 0) is 31.9 Å². The summed E-state index contributed by atoms with van der Waals surface area (Å²) in [6, 6.07) is 29.1. The minimum Gasteiger partial charge on any atom is -0.512 e. The number of aryl methyl sites for hydroxylation is 1. The summed E-state index contributed by atoms with van der Waals surface area (Å²) in [5.41, 5.74) is 5.20. The summed E-state index contributed by atoms with van der Waals surface area (Å²) >= 11 is 0. The van der Waals surface area contributed by atoms with E-state index in [-0.39, 0.29) is 49.4 Å². The molecule has 0 atom stereocenters. The van der Waals surface area contributed by atoms with Gasteiger partial charge in [-0.2, -0.15) is 0 Å². The predicted octanol–water partition coefficient (Wildman–Crippen LogP) is 10.9. The first kappa shape index (κ1) is 36.0. The number of carbonyl (C=O) groups is 1. The van der Waals surface area contributed by atoms with E-state index in [9.17, 15) is 9.90 Å². The van der Waals surface area contributed by atoms with Crippen LogP contribution >= 0.6 is 0 Å². The molecule has 47 heavy (non-hydrogen) atoms. The Hall–Kier alpha value is -3.86. The van der Waals surface area contributed by atoms with Crippen molar-refractivity contribution >= 4 is 49.3 Å². The average molecular weight is 805 g/mol. The molecule has 247 valence electrons. The van der Waals surface area contributed by atoms with Crippen LogP contribution in [0.3, 0.4) is 0 Å². The number of fused-ring (bicyclic) bond motifs is 6. The van der Waals surface area contributed by atoms with Gasteiger partial charge in [0, 0.05) is 62.1 Å². The van der Waals surface area contributed by atoms with Crippen molar-refractivity contribution in [2.24, 2.45) is 18.9 Å². The van der Waals surface area contributed by atoms with Gasteiger partial charge in [-0.1, -0.05) is 102 Å². The number of nitrogens with zero attached hydrogens (tertiary/aromatic N) is 3. The molecule has 1 N–H and O–H groups in total. The Balaban J connectivity index is 0.000000269. The van der Waals surface area contributed by atoms with Crippen LogP contribution in [0.5, 0.6) is 0 Å². The van der Waals surface area contributed by atoms with Crippen molar-refractivity contribution in [3.63, 3.8) is 0 Å². The Morgan fingerprint density at radius 2 is 1.47 bits per heavy atom. The maximum Gasteiger partial charge on any atom is 0.162 e. The fraction of sp³-hybridized carbons (Fsp3) is 0.341. The molecule has 6 heteroatoms. The zero-order valence-corrected chi connectivity index (χ0v) is 31.0. The molecule has 0 aliphatic heterocycles.